The van der Waals surface area contributed by atoms with E-state index in [-0.39, 0.29) is 36.8 Å². The molecule has 0 fully saturated rings. The van der Waals surface area contributed by atoms with Crippen molar-refractivity contribution in [2.24, 2.45) is 0 Å². The Morgan fingerprint density at radius 3 is 2.37 bits per heavy atom. The Hall–Kier alpha value is -4.17. The van der Waals surface area contributed by atoms with Crippen LogP contribution in [0.5, 0.6) is 23.0 Å². The van der Waals surface area contributed by atoms with Crippen LogP contribution in [-0.4, -0.2) is 50.8 Å². The molecule has 0 aliphatic rings. The highest BCUT2D eigenvalue weighted by atomic mass is 16.5. The number of aliphatic hydroxyl groups excluding tert-OH is 1. The Balaban J connectivity index is 1.51. The van der Waals surface area contributed by atoms with Crippen molar-refractivity contribution < 1.29 is 34.7 Å². The molecule has 4 rings (SSSR count). The van der Waals surface area contributed by atoms with Crippen molar-refractivity contribution in [3.05, 3.63) is 83.0 Å². The summed E-state index contributed by atoms with van der Waals surface area (Å²) in [5.74, 6) is 0.172. The molecule has 0 radical (unpaired) electrons. The van der Waals surface area contributed by atoms with E-state index in [1.54, 1.807) is 54.6 Å². The van der Waals surface area contributed by atoms with E-state index in [9.17, 15) is 25.2 Å². The van der Waals surface area contributed by atoms with Gasteiger partial charge in [0.15, 0.2) is 0 Å². The molecule has 1 heterocycles. The van der Waals surface area contributed by atoms with Gasteiger partial charge in [0, 0.05) is 23.5 Å². The maximum atomic E-state index is 12.4. The van der Waals surface area contributed by atoms with E-state index >= 15 is 0 Å². The van der Waals surface area contributed by atoms with Crippen LogP contribution in [-0.2, 0) is 24.1 Å². The number of aromatic hydroxyl groups is 3. The lowest BCUT2D eigenvalue weighted by Crippen LogP contribution is -2.21. The molecule has 1 atom stereocenters. The SMILES string of the molecule is CCCCc1cc(O)c(Cn2cc(C[C@H](O)COC(=O)c3ccc(OC)cc3)c3cc(O)ccc32)c(O)c1. The van der Waals surface area contributed by atoms with Gasteiger partial charge in [-0.25, -0.2) is 4.79 Å². The number of aliphatic hydroxyl groups is 1. The van der Waals surface area contributed by atoms with Gasteiger partial charge >= 0.3 is 5.97 Å². The first kappa shape index (κ1) is 26.9. The lowest BCUT2D eigenvalue weighted by Gasteiger charge is -2.12. The summed E-state index contributed by atoms with van der Waals surface area (Å²) in [6, 6.07) is 14.8. The molecule has 4 N–H and O–H groups in total. The van der Waals surface area contributed by atoms with Crippen molar-refractivity contribution in [3.63, 3.8) is 0 Å². The van der Waals surface area contributed by atoms with Crippen LogP contribution < -0.4 is 4.74 Å². The summed E-state index contributed by atoms with van der Waals surface area (Å²) in [5, 5.41) is 42.7. The minimum Gasteiger partial charge on any atom is -0.508 e. The smallest absolute Gasteiger partial charge is 0.338 e. The number of hydrogen-bond donors (Lipinski definition) is 4. The van der Waals surface area contributed by atoms with Crippen LogP contribution in [0.15, 0.2) is 60.8 Å². The number of esters is 1. The van der Waals surface area contributed by atoms with Crippen LogP contribution in [0.4, 0.5) is 0 Å². The molecule has 8 nitrogen and oxygen atoms in total. The molecule has 0 aliphatic carbocycles. The van der Waals surface area contributed by atoms with Crippen molar-refractivity contribution in [2.75, 3.05) is 13.7 Å². The fourth-order valence-electron chi connectivity index (χ4n) is 4.50. The third-order valence-corrected chi connectivity index (χ3v) is 6.55. The van der Waals surface area contributed by atoms with E-state index in [4.69, 9.17) is 9.47 Å². The number of phenols is 3. The van der Waals surface area contributed by atoms with E-state index in [1.807, 2.05) is 10.8 Å². The predicted molar refractivity (Wildman–Crippen MR) is 144 cm³/mol. The number of rotatable bonds is 11. The van der Waals surface area contributed by atoms with Gasteiger partial charge in [0.2, 0.25) is 0 Å². The Labute approximate surface area is 221 Å². The number of aromatic nitrogens is 1. The quantitative estimate of drug-likeness (QED) is 0.208. The zero-order valence-corrected chi connectivity index (χ0v) is 21.6. The van der Waals surface area contributed by atoms with Gasteiger partial charge in [-0.05, 0) is 78.6 Å². The third-order valence-electron chi connectivity index (χ3n) is 6.55. The van der Waals surface area contributed by atoms with Crippen LogP contribution in [0, 0.1) is 0 Å². The van der Waals surface area contributed by atoms with Gasteiger partial charge in [-0.1, -0.05) is 13.3 Å². The summed E-state index contributed by atoms with van der Waals surface area (Å²) in [6.07, 6.45) is 3.73. The number of hydrogen-bond acceptors (Lipinski definition) is 7. The second kappa shape index (κ2) is 11.9. The maximum Gasteiger partial charge on any atom is 0.338 e. The van der Waals surface area contributed by atoms with Crippen molar-refractivity contribution in [3.8, 4) is 23.0 Å². The highest BCUT2D eigenvalue weighted by Crippen LogP contribution is 2.33. The molecule has 38 heavy (non-hydrogen) atoms. The Bertz CT molecular complexity index is 1390. The van der Waals surface area contributed by atoms with Crippen LogP contribution in [0.1, 0.15) is 46.8 Å². The summed E-state index contributed by atoms with van der Waals surface area (Å²) >= 11 is 0. The first-order valence-electron chi connectivity index (χ1n) is 12.6. The highest BCUT2D eigenvalue weighted by Gasteiger charge is 2.18. The number of carbonyl (C=O) groups excluding carboxylic acids is 1. The molecule has 0 aliphatic heterocycles. The summed E-state index contributed by atoms with van der Waals surface area (Å²) in [7, 11) is 1.54. The maximum absolute atomic E-state index is 12.4. The first-order chi connectivity index (χ1) is 18.3. The van der Waals surface area contributed by atoms with Crippen LogP contribution in [0.3, 0.4) is 0 Å². The molecule has 0 saturated carbocycles. The fraction of sp³-hybridized carbons (Fsp3) is 0.300. The summed E-state index contributed by atoms with van der Waals surface area (Å²) < 4.78 is 12.2. The average molecular weight is 520 g/mol. The summed E-state index contributed by atoms with van der Waals surface area (Å²) in [5.41, 5.74) is 3.09. The standard InChI is InChI=1S/C30H33NO7/c1-3-4-5-19-12-28(34)26(29(35)13-19)17-31-16-21(25-15-22(32)8-11-27(25)31)14-23(33)18-38-30(36)20-6-9-24(37-2)10-7-20/h6-13,15-16,23,32-35H,3-5,14,17-18H2,1-2H3/t23-/m0/s1. The number of methoxy groups -OCH3 is 1. The average Bonchev–Trinajstić information content (AvgIpc) is 3.23. The molecule has 0 unspecified atom stereocenters. The van der Waals surface area contributed by atoms with E-state index in [0.29, 0.717) is 22.3 Å². The van der Waals surface area contributed by atoms with Crippen molar-refractivity contribution in [1.82, 2.24) is 4.57 Å². The third kappa shape index (κ3) is 6.20. The van der Waals surface area contributed by atoms with Crippen molar-refractivity contribution in [1.29, 1.82) is 0 Å². The van der Waals surface area contributed by atoms with E-state index < -0.39 is 12.1 Å². The molecular formula is C30H33NO7. The van der Waals surface area contributed by atoms with Gasteiger partial charge < -0.3 is 34.5 Å². The number of aryl methyl sites for hydroxylation is 1. The topological polar surface area (TPSA) is 121 Å². The molecule has 8 heteroatoms. The van der Waals surface area contributed by atoms with Gasteiger partial charge in [0.1, 0.15) is 29.6 Å². The lowest BCUT2D eigenvalue weighted by atomic mass is 10.0. The minimum absolute atomic E-state index is 0.0174. The molecule has 0 spiro atoms. The van der Waals surface area contributed by atoms with Gasteiger partial charge in [-0.15, -0.1) is 0 Å². The second-order valence-corrected chi connectivity index (χ2v) is 9.38. The van der Waals surface area contributed by atoms with Gasteiger partial charge in [0.05, 0.1) is 30.9 Å². The molecule has 3 aromatic carbocycles. The summed E-state index contributed by atoms with van der Waals surface area (Å²) in [4.78, 5) is 12.4. The fourth-order valence-corrected chi connectivity index (χ4v) is 4.50. The zero-order valence-electron chi connectivity index (χ0n) is 21.6. The molecule has 0 saturated heterocycles. The highest BCUT2D eigenvalue weighted by molar-refractivity contribution is 5.89. The van der Waals surface area contributed by atoms with Crippen molar-refractivity contribution in [2.45, 2.75) is 45.3 Å². The number of ether oxygens (including phenoxy) is 2. The van der Waals surface area contributed by atoms with Crippen LogP contribution in [0.2, 0.25) is 0 Å². The van der Waals surface area contributed by atoms with E-state index in [1.165, 1.54) is 7.11 Å². The number of fused-ring (bicyclic) bond motifs is 1. The number of phenolic OH excluding ortho intramolecular Hbond substituents is 3. The monoisotopic (exact) mass is 519 g/mol. The number of nitrogens with zero attached hydrogens (tertiary/aromatic N) is 1. The van der Waals surface area contributed by atoms with E-state index in [2.05, 4.69) is 6.92 Å². The van der Waals surface area contributed by atoms with Crippen molar-refractivity contribution >= 4 is 16.9 Å². The summed E-state index contributed by atoms with van der Waals surface area (Å²) in [6.45, 7) is 2.06. The lowest BCUT2D eigenvalue weighted by molar-refractivity contribution is 0.0259. The predicted octanol–water partition coefficient (Wildman–Crippen LogP) is 4.92. The number of unbranched alkanes of at least 4 members (excludes halogenated alkanes) is 1. The van der Waals surface area contributed by atoms with Gasteiger partial charge in [-0.2, -0.15) is 0 Å². The van der Waals surface area contributed by atoms with E-state index in [0.717, 1.165) is 35.9 Å². The van der Waals surface area contributed by atoms with Gasteiger partial charge in [0.25, 0.3) is 0 Å². The Morgan fingerprint density at radius 2 is 1.71 bits per heavy atom. The molecule has 0 bridgehead atoms. The van der Waals surface area contributed by atoms with Crippen LogP contribution in [0.25, 0.3) is 10.9 Å². The second-order valence-electron chi connectivity index (χ2n) is 9.38. The van der Waals surface area contributed by atoms with Crippen LogP contribution >= 0.6 is 0 Å². The minimum atomic E-state index is -0.988. The molecule has 1 aromatic heterocycles. The Morgan fingerprint density at radius 1 is 1.00 bits per heavy atom. The number of carbonyl (C=O) groups is 1. The Kier molecular flexibility index (Phi) is 8.43. The molecule has 0 amide bonds. The molecule has 4 aromatic rings. The molecular weight excluding hydrogens is 486 g/mol. The normalized spacial score (nSPS) is 12.0. The van der Waals surface area contributed by atoms with Gasteiger partial charge in [-0.3, -0.25) is 0 Å². The zero-order chi connectivity index (χ0) is 27.2. The number of benzene rings is 3. The largest absolute Gasteiger partial charge is 0.508 e. The first-order valence-corrected chi connectivity index (χ1v) is 12.6. The molecule has 200 valence electrons.